The summed E-state index contributed by atoms with van der Waals surface area (Å²) in [6, 6.07) is 18.6. The number of para-hydroxylation sites is 3. The van der Waals surface area contributed by atoms with Gasteiger partial charge < -0.3 is 10.5 Å². The first kappa shape index (κ1) is 17.5. The van der Waals surface area contributed by atoms with Crippen molar-refractivity contribution in [2.45, 2.75) is 24.9 Å². The second-order valence-corrected chi connectivity index (χ2v) is 7.37. The molecule has 5 rings (SSSR count). The Morgan fingerprint density at radius 1 is 1.03 bits per heavy atom. The second kappa shape index (κ2) is 6.77. The highest BCUT2D eigenvalue weighted by Gasteiger charge is 2.36. The molecule has 1 atom stereocenters. The highest BCUT2D eigenvalue weighted by Crippen LogP contribution is 2.40. The van der Waals surface area contributed by atoms with Crippen LogP contribution in [0.25, 0.3) is 5.69 Å². The summed E-state index contributed by atoms with van der Waals surface area (Å²) in [5.74, 6) is 0.0220. The maximum Gasteiger partial charge on any atom is 0.277 e. The highest BCUT2D eigenvalue weighted by molar-refractivity contribution is 6.07. The van der Waals surface area contributed by atoms with Crippen LogP contribution in [0.1, 0.15) is 34.9 Å². The number of carbonyl (C=O) groups is 2. The minimum absolute atomic E-state index is 0.0594. The van der Waals surface area contributed by atoms with Crippen molar-refractivity contribution in [1.29, 1.82) is 0 Å². The molecule has 2 N–H and O–H groups in total. The number of primary amides is 1. The summed E-state index contributed by atoms with van der Waals surface area (Å²) in [5, 5.41) is 4.71. The predicted molar refractivity (Wildman–Crippen MR) is 107 cm³/mol. The number of amides is 2. The van der Waals surface area contributed by atoms with E-state index in [-0.39, 0.29) is 12.5 Å². The van der Waals surface area contributed by atoms with Gasteiger partial charge in [0.15, 0.2) is 6.10 Å². The van der Waals surface area contributed by atoms with Crippen molar-refractivity contribution < 1.29 is 14.3 Å². The van der Waals surface area contributed by atoms with E-state index in [1.807, 2.05) is 42.5 Å². The van der Waals surface area contributed by atoms with Gasteiger partial charge in [-0.15, -0.1) is 0 Å². The summed E-state index contributed by atoms with van der Waals surface area (Å²) in [4.78, 5) is 27.0. The molecule has 7 nitrogen and oxygen atoms in total. The van der Waals surface area contributed by atoms with Gasteiger partial charge in [-0.05, 0) is 43.2 Å². The fourth-order valence-corrected chi connectivity index (χ4v) is 3.61. The third-order valence-corrected chi connectivity index (χ3v) is 5.28. The molecule has 146 valence electrons. The zero-order valence-corrected chi connectivity index (χ0v) is 15.7. The van der Waals surface area contributed by atoms with E-state index in [0.29, 0.717) is 23.0 Å². The van der Waals surface area contributed by atoms with Crippen molar-refractivity contribution in [3.8, 4) is 11.4 Å². The summed E-state index contributed by atoms with van der Waals surface area (Å²) in [5.41, 5.74) is 8.29. The van der Waals surface area contributed by atoms with Gasteiger partial charge in [0.1, 0.15) is 11.4 Å². The molecular formula is C22H20N4O3. The Kier molecular flexibility index (Phi) is 4.08. The highest BCUT2D eigenvalue weighted by atomic mass is 16.5. The van der Waals surface area contributed by atoms with Crippen LogP contribution in [-0.4, -0.2) is 34.2 Å². The number of fused-ring (bicyclic) bond motifs is 1. The van der Waals surface area contributed by atoms with Crippen molar-refractivity contribution in [3.05, 3.63) is 72.1 Å². The van der Waals surface area contributed by atoms with Crippen molar-refractivity contribution in [1.82, 2.24) is 9.78 Å². The summed E-state index contributed by atoms with van der Waals surface area (Å²) in [6.07, 6.45) is 1.28. The van der Waals surface area contributed by atoms with Crippen LogP contribution in [0.15, 0.2) is 60.7 Å². The van der Waals surface area contributed by atoms with Gasteiger partial charge in [-0.1, -0.05) is 30.3 Å². The molecule has 1 aliphatic carbocycles. The molecule has 2 aromatic carbocycles. The van der Waals surface area contributed by atoms with Gasteiger partial charge in [0.2, 0.25) is 0 Å². The van der Waals surface area contributed by atoms with Crippen LogP contribution >= 0.6 is 0 Å². The third-order valence-electron chi connectivity index (χ3n) is 5.28. The normalized spacial score (nSPS) is 18.1. The lowest BCUT2D eigenvalue weighted by molar-refractivity contribution is -0.124. The first-order valence-corrected chi connectivity index (χ1v) is 9.64. The maximum absolute atomic E-state index is 13.6. The Bertz CT molecular complexity index is 1090. The van der Waals surface area contributed by atoms with Crippen LogP contribution in [0.3, 0.4) is 0 Å². The lowest BCUT2D eigenvalue weighted by Gasteiger charge is -2.33. The molecule has 0 unspecified atom stereocenters. The predicted octanol–water partition coefficient (Wildman–Crippen LogP) is 2.64. The van der Waals surface area contributed by atoms with Crippen molar-refractivity contribution in [3.63, 3.8) is 0 Å². The fourth-order valence-electron chi connectivity index (χ4n) is 3.61. The minimum Gasteiger partial charge on any atom is -0.477 e. The number of hydrogen-bond acceptors (Lipinski definition) is 4. The number of rotatable bonds is 4. The fraction of sp³-hybridized carbons (Fsp3) is 0.227. The molecule has 3 aromatic rings. The Morgan fingerprint density at radius 3 is 2.48 bits per heavy atom. The van der Waals surface area contributed by atoms with Crippen LogP contribution in [0.5, 0.6) is 5.75 Å². The molecule has 0 spiro atoms. The Hall–Kier alpha value is -3.61. The first-order valence-electron chi connectivity index (χ1n) is 9.64. The summed E-state index contributed by atoms with van der Waals surface area (Å²) >= 11 is 0. The lowest BCUT2D eigenvalue weighted by Crippen LogP contribution is -2.49. The van der Waals surface area contributed by atoms with Gasteiger partial charge in [-0.2, -0.15) is 5.10 Å². The lowest BCUT2D eigenvalue weighted by atomic mass is 10.1. The van der Waals surface area contributed by atoms with Gasteiger partial charge in [0, 0.05) is 5.92 Å². The molecule has 0 bridgehead atoms. The van der Waals surface area contributed by atoms with Gasteiger partial charge in [-0.3, -0.25) is 14.5 Å². The van der Waals surface area contributed by atoms with E-state index in [2.05, 4.69) is 0 Å². The van der Waals surface area contributed by atoms with E-state index in [0.717, 1.165) is 24.2 Å². The summed E-state index contributed by atoms with van der Waals surface area (Å²) < 4.78 is 7.37. The number of aromatic nitrogens is 2. The average Bonchev–Trinajstić information content (AvgIpc) is 3.51. The van der Waals surface area contributed by atoms with Gasteiger partial charge in [-0.25, -0.2) is 4.68 Å². The number of nitrogens with zero attached hydrogens (tertiary/aromatic N) is 3. The first-order chi connectivity index (χ1) is 14.1. The largest absolute Gasteiger partial charge is 0.477 e. The number of carbonyl (C=O) groups excluding carboxylic acids is 2. The summed E-state index contributed by atoms with van der Waals surface area (Å²) in [7, 11) is 0. The monoisotopic (exact) mass is 388 g/mol. The van der Waals surface area contributed by atoms with Crippen molar-refractivity contribution >= 4 is 17.5 Å². The zero-order valence-electron chi connectivity index (χ0n) is 15.7. The molecule has 1 aromatic heterocycles. The van der Waals surface area contributed by atoms with E-state index >= 15 is 0 Å². The molecule has 2 heterocycles. The molecule has 7 heteroatoms. The van der Waals surface area contributed by atoms with Crippen molar-refractivity contribution in [2.75, 3.05) is 11.4 Å². The molecule has 29 heavy (non-hydrogen) atoms. The van der Waals surface area contributed by atoms with Crippen LogP contribution < -0.4 is 15.4 Å². The zero-order chi connectivity index (χ0) is 20.0. The molecular weight excluding hydrogens is 368 g/mol. The molecule has 2 aliphatic rings. The third kappa shape index (κ3) is 3.14. The quantitative estimate of drug-likeness (QED) is 0.744. The number of ether oxygens (including phenoxy) is 1. The van der Waals surface area contributed by atoms with Crippen LogP contribution in [0, 0.1) is 0 Å². The summed E-state index contributed by atoms with van der Waals surface area (Å²) in [6.45, 7) is 0.0594. The second-order valence-electron chi connectivity index (χ2n) is 7.37. The number of hydrogen-bond donors (Lipinski definition) is 1. The van der Waals surface area contributed by atoms with Crippen LogP contribution in [0.2, 0.25) is 0 Å². The molecule has 1 aliphatic heterocycles. The molecule has 1 saturated carbocycles. The minimum atomic E-state index is -0.898. The van der Waals surface area contributed by atoms with Gasteiger partial charge in [0.05, 0.1) is 23.6 Å². The van der Waals surface area contributed by atoms with Gasteiger partial charge >= 0.3 is 0 Å². The number of nitrogens with two attached hydrogens (primary N) is 1. The van der Waals surface area contributed by atoms with E-state index in [4.69, 9.17) is 15.6 Å². The standard InChI is InChI=1S/C22H20N4O3/c23-21(27)20-13-25(17-8-4-5-9-19(17)29-20)22(28)18-12-16(14-10-11-14)24-26(18)15-6-2-1-3-7-15/h1-9,12,14,20H,10-11,13H2,(H2,23,27)/t20-/m0/s1. The number of benzene rings is 2. The van der Waals surface area contributed by atoms with Gasteiger partial charge in [0.25, 0.3) is 11.8 Å². The average molecular weight is 388 g/mol. The molecule has 1 fully saturated rings. The van der Waals surface area contributed by atoms with Crippen molar-refractivity contribution in [2.24, 2.45) is 5.73 Å². The van der Waals surface area contributed by atoms with Crippen LogP contribution in [0.4, 0.5) is 5.69 Å². The Balaban J connectivity index is 1.59. The van der Waals surface area contributed by atoms with Crippen LogP contribution in [-0.2, 0) is 4.79 Å². The Labute approximate surface area is 167 Å². The molecule has 0 radical (unpaired) electrons. The van der Waals surface area contributed by atoms with E-state index in [1.165, 1.54) is 0 Å². The molecule has 2 amide bonds. The Morgan fingerprint density at radius 2 is 1.76 bits per heavy atom. The SMILES string of the molecule is NC(=O)[C@@H]1CN(C(=O)c2cc(C3CC3)nn2-c2ccccc2)c2ccccc2O1. The van der Waals surface area contributed by atoms with E-state index in [9.17, 15) is 9.59 Å². The molecule has 0 saturated heterocycles. The smallest absolute Gasteiger partial charge is 0.277 e. The van der Waals surface area contributed by atoms with E-state index < -0.39 is 12.0 Å². The topological polar surface area (TPSA) is 90.5 Å². The number of anilines is 1. The van der Waals surface area contributed by atoms with E-state index in [1.54, 1.807) is 27.8 Å². The maximum atomic E-state index is 13.6.